The molecule has 1 aliphatic rings. The maximum absolute atomic E-state index is 6.54. The molecule has 0 radical (unpaired) electrons. The van der Waals surface area contributed by atoms with Crippen molar-refractivity contribution in [2.45, 2.75) is 82.0 Å². The molecular weight excluding hydrogens is 945 g/mol. The van der Waals surface area contributed by atoms with Gasteiger partial charge in [-0.2, -0.15) is 0 Å². The SMILES string of the molecule is CCOC1=CC(C)C(c2cn(-c3c(C)cc(C)c4c3c3cnccc3n4Cn3c4ccc(C)nc4c4c(-n5cc(-c6ccc(OCC)o6)c(-c6ccc(OCC)o6)c5)c(C)cc(C)c43)cc2-c2ccc(OCC)o2)O1. The number of aryl methyl sites for hydroxylation is 5. The van der Waals surface area contributed by atoms with Crippen molar-refractivity contribution in [2.75, 3.05) is 26.4 Å². The number of pyridine rings is 2. The van der Waals surface area contributed by atoms with Crippen molar-refractivity contribution >= 4 is 43.7 Å². The molecule has 382 valence electrons. The van der Waals surface area contributed by atoms with Crippen molar-refractivity contribution in [1.29, 1.82) is 0 Å². The average Bonchev–Trinajstić information content (AvgIpc) is 4.28. The number of hydrogen-bond acceptors (Lipinski definition) is 10. The molecule has 1 aliphatic heterocycles. The zero-order valence-corrected chi connectivity index (χ0v) is 44.0. The van der Waals surface area contributed by atoms with Crippen molar-refractivity contribution in [2.24, 2.45) is 5.92 Å². The molecule has 0 saturated carbocycles. The summed E-state index contributed by atoms with van der Waals surface area (Å²) in [6.45, 7) is 23.2. The van der Waals surface area contributed by atoms with Crippen LogP contribution < -0.4 is 14.2 Å². The molecule has 0 saturated heterocycles. The second kappa shape index (κ2) is 18.8. The number of rotatable bonds is 16. The second-order valence-corrected chi connectivity index (χ2v) is 19.4. The van der Waals surface area contributed by atoms with Crippen LogP contribution in [0.25, 0.3) is 89.1 Å². The number of furan rings is 3. The summed E-state index contributed by atoms with van der Waals surface area (Å²) in [5, 5.41) is 3.18. The van der Waals surface area contributed by atoms with Crippen LogP contribution in [-0.4, -0.2) is 54.7 Å². The van der Waals surface area contributed by atoms with Crippen molar-refractivity contribution in [1.82, 2.24) is 28.2 Å². The van der Waals surface area contributed by atoms with E-state index in [1.165, 1.54) is 0 Å². The van der Waals surface area contributed by atoms with E-state index in [1.54, 1.807) is 0 Å². The van der Waals surface area contributed by atoms with Crippen molar-refractivity contribution in [3.05, 3.63) is 149 Å². The fourth-order valence-electron chi connectivity index (χ4n) is 11.4. The predicted molar refractivity (Wildman–Crippen MR) is 292 cm³/mol. The highest BCUT2D eigenvalue weighted by molar-refractivity contribution is 6.14. The number of aromatic nitrogens is 6. The van der Waals surface area contributed by atoms with Gasteiger partial charge in [0.1, 0.15) is 30.1 Å². The summed E-state index contributed by atoms with van der Waals surface area (Å²) in [7, 11) is 0. The Bertz CT molecular complexity index is 3950. The molecule has 11 aromatic rings. The van der Waals surface area contributed by atoms with Crippen LogP contribution in [-0.2, 0) is 16.1 Å². The third-order valence-electron chi connectivity index (χ3n) is 14.3. The summed E-state index contributed by atoms with van der Waals surface area (Å²) in [5.41, 5.74) is 16.2. The van der Waals surface area contributed by atoms with Gasteiger partial charge >= 0.3 is 0 Å². The number of ether oxygens (including phenoxy) is 5. The molecule has 0 amide bonds. The second-order valence-electron chi connectivity index (χ2n) is 19.4. The predicted octanol–water partition coefficient (Wildman–Crippen LogP) is 14.9. The van der Waals surface area contributed by atoms with Crippen molar-refractivity contribution in [3.63, 3.8) is 0 Å². The smallest absolute Gasteiger partial charge is 0.284 e. The summed E-state index contributed by atoms with van der Waals surface area (Å²) in [5.74, 6) is 3.95. The molecule has 0 bridgehead atoms. The van der Waals surface area contributed by atoms with Gasteiger partial charge in [0.2, 0.25) is 0 Å². The monoisotopic (exact) mass is 1000 g/mol. The Morgan fingerprint density at radius 2 is 1.09 bits per heavy atom. The van der Waals surface area contributed by atoms with Gasteiger partial charge in [0.25, 0.3) is 23.8 Å². The lowest BCUT2D eigenvalue weighted by atomic mass is 9.97. The quantitative estimate of drug-likeness (QED) is 0.0922. The Labute approximate surface area is 434 Å². The molecule has 12 rings (SSSR count). The van der Waals surface area contributed by atoms with Crippen molar-refractivity contribution in [3.8, 4) is 63.2 Å². The van der Waals surface area contributed by atoms with Crippen LogP contribution in [0, 0.1) is 40.5 Å². The lowest BCUT2D eigenvalue weighted by Gasteiger charge is -2.18. The molecule has 2 unspecified atom stereocenters. The zero-order chi connectivity index (χ0) is 51.8. The molecule has 14 nitrogen and oxygen atoms in total. The Hall–Kier alpha value is -8.52. The number of benzene rings is 2. The minimum absolute atomic E-state index is 0.0429. The van der Waals surface area contributed by atoms with E-state index < -0.39 is 0 Å². The molecule has 0 N–H and O–H groups in total. The zero-order valence-electron chi connectivity index (χ0n) is 44.0. The maximum atomic E-state index is 6.54. The Kier molecular flexibility index (Phi) is 11.9. The topological polar surface area (TPSA) is 131 Å². The Morgan fingerprint density at radius 3 is 1.69 bits per heavy atom. The van der Waals surface area contributed by atoms with Gasteiger partial charge in [-0.1, -0.05) is 19.1 Å². The highest BCUT2D eigenvalue weighted by Crippen LogP contribution is 2.47. The van der Waals surface area contributed by atoms with E-state index in [1.807, 2.05) is 76.5 Å². The molecule has 2 atom stereocenters. The molecule has 0 aliphatic carbocycles. The lowest BCUT2D eigenvalue weighted by molar-refractivity contribution is 0.00774. The van der Waals surface area contributed by atoms with Gasteiger partial charge in [0.15, 0.2) is 0 Å². The highest BCUT2D eigenvalue weighted by Gasteiger charge is 2.34. The Morgan fingerprint density at radius 1 is 0.560 bits per heavy atom. The minimum Gasteiger partial charge on any atom is -0.466 e. The standard InChI is InChI=1S/C61H60N6O8/c1-11-68-50-20-17-47(72-50)41-29-64(30-42(41)48-18-21-51(73-48)69-12-2)58-35(6)26-37(8)60-55(58)56-46(16-15-39(10)63-56)67(60)33-66-45-23-24-62-28-40(45)54-57(34(5)25-36(7)59(54)66)65-31-43(49-19-22-52(74-49)70-13-3)44(32-65)61-38(9)27-53(75-61)71-14-4/h15-32,38,61H,11-14,33H2,1-10H3. The molecule has 75 heavy (non-hydrogen) atoms. The fourth-order valence-corrected chi connectivity index (χ4v) is 11.4. The molecule has 10 heterocycles. The van der Waals surface area contributed by atoms with Gasteiger partial charge in [-0.25, -0.2) is 0 Å². The lowest BCUT2D eigenvalue weighted by Crippen LogP contribution is -2.10. The molecular formula is C61H60N6O8. The summed E-state index contributed by atoms with van der Waals surface area (Å²) in [6.07, 6.45) is 14.2. The van der Waals surface area contributed by atoms with Gasteiger partial charge in [-0.3, -0.25) is 9.97 Å². The van der Waals surface area contributed by atoms with Gasteiger partial charge in [-0.15, -0.1) is 0 Å². The third kappa shape index (κ3) is 7.92. The van der Waals surface area contributed by atoms with E-state index in [0.717, 1.165) is 105 Å². The van der Waals surface area contributed by atoms with Crippen LogP contribution in [0.1, 0.15) is 74.2 Å². The first-order valence-electron chi connectivity index (χ1n) is 25.9. The third-order valence-corrected chi connectivity index (χ3v) is 14.3. The molecule has 2 aromatic carbocycles. The number of nitrogens with zero attached hydrogens (tertiary/aromatic N) is 6. The first-order valence-corrected chi connectivity index (χ1v) is 25.9. The molecule has 0 spiro atoms. The summed E-state index contributed by atoms with van der Waals surface area (Å²) < 4.78 is 58.1. The number of hydrogen-bond donors (Lipinski definition) is 0. The van der Waals surface area contributed by atoms with Crippen LogP contribution in [0.4, 0.5) is 0 Å². The van der Waals surface area contributed by atoms with Crippen LogP contribution >= 0.6 is 0 Å². The van der Waals surface area contributed by atoms with Gasteiger partial charge < -0.3 is 55.2 Å². The first-order chi connectivity index (χ1) is 36.5. The largest absolute Gasteiger partial charge is 0.466 e. The van der Waals surface area contributed by atoms with Gasteiger partial charge in [0, 0.05) is 106 Å². The van der Waals surface area contributed by atoms with E-state index in [4.69, 9.17) is 46.9 Å². The van der Waals surface area contributed by atoms with Crippen LogP contribution in [0.2, 0.25) is 0 Å². The molecule has 9 aromatic heterocycles. The summed E-state index contributed by atoms with van der Waals surface area (Å²) in [6, 6.07) is 22.5. The van der Waals surface area contributed by atoms with E-state index >= 15 is 0 Å². The summed E-state index contributed by atoms with van der Waals surface area (Å²) in [4.78, 5) is 10.1. The van der Waals surface area contributed by atoms with Gasteiger partial charge in [0.05, 0.1) is 70.8 Å². The Balaban J connectivity index is 1.06. The molecule has 0 fully saturated rings. The van der Waals surface area contributed by atoms with Crippen molar-refractivity contribution < 1.29 is 36.9 Å². The summed E-state index contributed by atoms with van der Waals surface area (Å²) >= 11 is 0. The maximum Gasteiger partial charge on any atom is 0.284 e. The highest BCUT2D eigenvalue weighted by atomic mass is 16.7. The van der Waals surface area contributed by atoms with E-state index in [2.05, 4.69) is 121 Å². The molecule has 14 heteroatoms. The van der Waals surface area contributed by atoms with Crippen LogP contribution in [0.5, 0.6) is 17.8 Å². The van der Waals surface area contributed by atoms with E-state index in [9.17, 15) is 0 Å². The van der Waals surface area contributed by atoms with E-state index in [-0.39, 0.29) is 12.0 Å². The minimum atomic E-state index is -0.307. The normalized spacial score (nSPS) is 14.7. The fraction of sp³-hybridized carbons (Fsp3) is 0.279. The van der Waals surface area contributed by atoms with E-state index in [0.29, 0.717) is 74.2 Å². The number of fused-ring (bicyclic) bond motifs is 6. The average molecular weight is 1010 g/mol. The first kappa shape index (κ1) is 47.5. The van der Waals surface area contributed by atoms with Crippen LogP contribution in [0.3, 0.4) is 0 Å². The van der Waals surface area contributed by atoms with Gasteiger partial charge in [-0.05, 0) is 121 Å². The van der Waals surface area contributed by atoms with Crippen LogP contribution in [0.15, 0.2) is 129 Å².